The van der Waals surface area contributed by atoms with Gasteiger partial charge in [0.15, 0.2) is 5.69 Å². The highest BCUT2D eigenvalue weighted by atomic mass is 16.5. The van der Waals surface area contributed by atoms with Crippen LogP contribution >= 0.6 is 0 Å². The van der Waals surface area contributed by atoms with Gasteiger partial charge in [0.25, 0.3) is 0 Å². The quantitative estimate of drug-likeness (QED) is 0.811. The fraction of sp³-hybridized carbons (Fsp3) is 0.273. The first-order chi connectivity index (χ1) is 9.10. The van der Waals surface area contributed by atoms with E-state index >= 15 is 0 Å². The molecule has 0 aromatic carbocycles. The van der Waals surface area contributed by atoms with Crippen LogP contribution in [0.5, 0.6) is 5.88 Å². The monoisotopic (exact) mass is 263 g/mol. The summed E-state index contributed by atoms with van der Waals surface area (Å²) in [5.41, 5.74) is 0.688. The van der Waals surface area contributed by atoms with Gasteiger partial charge in [-0.15, -0.1) is 10.2 Å². The number of carboxylic acid groups (broad SMARTS) is 1. The molecule has 2 heterocycles. The van der Waals surface area contributed by atoms with Crippen molar-refractivity contribution in [2.45, 2.75) is 6.54 Å². The van der Waals surface area contributed by atoms with Crippen molar-refractivity contribution in [1.29, 1.82) is 0 Å². The second kappa shape index (κ2) is 5.34. The van der Waals surface area contributed by atoms with Crippen molar-refractivity contribution in [3.63, 3.8) is 0 Å². The zero-order valence-electron chi connectivity index (χ0n) is 10.5. The molecule has 2 aromatic rings. The maximum Gasteiger partial charge on any atom is 0.356 e. The number of methoxy groups -OCH3 is 1. The lowest BCUT2D eigenvalue weighted by Gasteiger charge is -2.02. The van der Waals surface area contributed by atoms with E-state index in [1.54, 1.807) is 31.0 Å². The fourth-order valence-corrected chi connectivity index (χ4v) is 1.51. The molecule has 0 fully saturated rings. The second-order valence-corrected chi connectivity index (χ2v) is 3.76. The Morgan fingerprint density at radius 1 is 1.47 bits per heavy atom. The normalized spacial score (nSPS) is 10.2. The summed E-state index contributed by atoms with van der Waals surface area (Å²) in [4.78, 5) is 10.6. The molecule has 0 unspecified atom stereocenters. The molecule has 0 bridgehead atoms. The predicted molar refractivity (Wildman–Crippen MR) is 66.1 cm³/mol. The number of nitrogens with one attached hydrogen (secondary N) is 1. The Labute approximate surface area is 109 Å². The molecular weight excluding hydrogens is 250 g/mol. The van der Waals surface area contributed by atoms with Crippen molar-refractivity contribution in [3.05, 3.63) is 29.6 Å². The number of hydrogen-bond acceptors (Lipinski definition) is 6. The van der Waals surface area contributed by atoms with E-state index in [4.69, 9.17) is 9.84 Å². The molecule has 2 N–H and O–H groups in total. The predicted octanol–water partition coefficient (Wildman–Crippen LogP) is 0.529. The van der Waals surface area contributed by atoms with Crippen LogP contribution in [0, 0.1) is 0 Å². The lowest BCUT2D eigenvalue weighted by atomic mass is 10.4. The summed E-state index contributed by atoms with van der Waals surface area (Å²) < 4.78 is 6.72. The highest BCUT2D eigenvalue weighted by Crippen LogP contribution is 2.12. The second-order valence-electron chi connectivity index (χ2n) is 3.76. The van der Waals surface area contributed by atoms with Gasteiger partial charge in [0.2, 0.25) is 5.88 Å². The van der Waals surface area contributed by atoms with Crippen LogP contribution in [-0.4, -0.2) is 38.2 Å². The number of anilines is 1. The molecule has 0 aliphatic rings. The van der Waals surface area contributed by atoms with Crippen LogP contribution in [0.3, 0.4) is 0 Å². The maximum atomic E-state index is 10.6. The summed E-state index contributed by atoms with van der Waals surface area (Å²) in [7, 11) is 3.36. The summed E-state index contributed by atoms with van der Waals surface area (Å²) in [6, 6.07) is 4.74. The van der Waals surface area contributed by atoms with Crippen LogP contribution < -0.4 is 10.1 Å². The molecular formula is C11H13N5O3. The Hall–Kier alpha value is -2.64. The van der Waals surface area contributed by atoms with Crippen molar-refractivity contribution >= 4 is 11.8 Å². The van der Waals surface area contributed by atoms with E-state index in [1.807, 2.05) is 0 Å². The van der Waals surface area contributed by atoms with Crippen molar-refractivity contribution in [2.75, 3.05) is 12.4 Å². The van der Waals surface area contributed by atoms with Gasteiger partial charge in [-0.05, 0) is 12.1 Å². The first-order valence-corrected chi connectivity index (χ1v) is 5.48. The smallest absolute Gasteiger partial charge is 0.356 e. The van der Waals surface area contributed by atoms with Gasteiger partial charge in [0.1, 0.15) is 5.82 Å². The standard InChI is InChI=1S/C11H13N5O3/c1-16-10(19-2)5-7(15-16)6-12-9-4-3-8(11(17)18)13-14-9/h3-5H,6H2,1-2H3,(H,12,14)(H,17,18). The molecule has 0 aliphatic carbocycles. The molecule has 0 atom stereocenters. The van der Waals surface area contributed by atoms with E-state index in [0.29, 0.717) is 18.2 Å². The van der Waals surface area contributed by atoms with Gasteiger partial charge in [-0.2, -0.15) is 5.10 Å². The Morgan fingerprint density at radius 2 is 2.26 bits per heavy atom. The Kier molecular flexibility index (Phi) is 3.60. The molecule has 0 spiro atoms. The summed E-state index contributed by atoms with van der Waals surface area (Å²) in [6.45, 7) is 0.443. The van der Waals surface area contributed by atoms with Crippen LogP contribution in [-0.2, 0) is 13.6 Å². The lowest BCUT2D eigenvalue weighted by molar-refractivity contribution is 0.0689. The molecule has 0 aliphatic heterocycles. The van der Waals surface area contributed by atoms with Gasteiger partial charge in [-0.1, -0.05) is 0 Å². The van der Waals surface area contributed by atoms with E-state index in [0.717, 1.165) is 5.69 Å². The van der Waals surface area contributed by atoms with Crippen LogP contribution in [0.25, 0.3) is 0 Å². The number of carbonyl (C=O) groups is 1. The number of aryl methyl sites for hydroxylation is 1. The number of rotatable bonds is 5. The number of ether oxygens (including phenoxy) is 1. The average Bonchev–Trinajstić information content (AvgIpc) is 2.77. The van der Waals surface area contributed by atoms with Gasteiger partial charge < -0.3 is 15.2 Å². The minimum atomic E-state index is -1.10. The molecule has 0 saturated heterocycles. The molecule has 19 heavy (non-hydrogen) atoms. The van der Waals surface area contributed by atoms with Crippen molar-refractivity contribution < 1.29 is 14.6 Å². The van der Waals surface area contributed by atoms with Crippen LogP contribution in [0.1, 0.15) is 16.2 Å². The minimum absolute atomic E-state index is 0.0925. The van der Waals surface area contributed by atoms with E-state index < -0.39 is 5.97 Å². The number of hydrogen-bond donors (Lipinski definition) is 2. The van der Waals surface area contributed by atoms with E-state index in [1.165, 1.54) is 6.07 Å². The summed E-state index contributed by atoms with van der Waals surface area (Å²) in [5.74, 6) is 0.0345. The molecule has 0 radical (unpaired) electrons. The van der Waals surface area contributed by atoms with Crippen LogP contribution in [0.4, 0.5) is 5.82 Å². The van der Waals surface area contributed by atoms with E-state index in [9.17, 15) is 4.79 Å². The molecule has 2 rings (SSSR count). The zero-order chi connectivity index (χ0) is 13.8. The lowest BCUT2D eigenvalue weighted by Crippen LogP contribution is -2.06. The van der Waals surface area contributed by atoms with E-state index in [2.05, 4.69) is 20.6 Å². The van der Waals surface area contributed by atoms with Crippen molar-refractivity contribution in [3.8, 4) is 5.88 Å². The summed E-state index contributed by atoms with van der Waals surface area (Å²) >= 11 is 0. The van der Waals surface area contributed by atoms with Crippen LogP contribution in [0.2, 0.25) is 0 Å². The Morgan fingerprint density at radius 3 is 2.79 bits per heavy atom. The third-order valence-corrected chi connectivity index (χ3v) is 2.43. The Balaban J connectivity index is 1.99. The van der Waals surface area contributed by atoms with Gasteiger partial charge in [-0.3, -0.25) is 0 Å². The van der Waals surface area contributed by atoms with Gasteiger partial charge in [-0.25, -0.2) is 9.48 Å². The minimum Gasteiger partial charge on any atom is -0.481 e. The van der Waals surface area contributed by atoms with Crippen molar-refractivity contribution in [2.24, 2.45) is 7.05 Å². The first kappa shape index (κ1) is 12.8. The zero-order valence-corrected chi connectivity index (χ0v) is 10.5. The van der Waals surface area contributed by atoms with Gasteiger partial charge >= 0.3 is 5.97 Å². The van der Waals surface area contributed by atoms with Crippen molar-refractivity contribution in [1.82, 2.24) is 20.0 Å². The number of aromatic carboxylic acids is 1. The third-order valence-electron chi connectivity index (χ3n) is 2.43. The largest absolute Gasteiger partial charge is 0.481 e. The SMILES string of the molecule is COc1cc(CNc2ccc(C(=O)O)nn2)nn1C. The number of aromatic nitrogens is 4. The molecule has 8 nitrogen and oxygen atoms in total. The highest BCUT2D eigenvalue weighted by molar-refractivity contribution is 5.85. The molecule has 8 heteroatoms. The highest BCUT2D eigenvalue weighted by Gasteiger charge is 2.07. The van der Waals surface area contributed by atoms with Gasteiger partial charge in [0.05, 0.1) is 19.3 Å². The number of carboxylic acids is 1. The van der Waals surface area contributed by atoms with Crippen LogP contribution in [0.15, 0.2) is 18.2 Å². The maximum absolute atomic E-state index is 10.6. The molecule has 0 amide bonds. The van der Waals surface area contributed by atoms with Gasteiger partial charge in [0, 0.05) is 13.1 Å². The molecule has 100 valence electrons. The van der Waals surface area contributed by atoms with E-state index in [-0.39, 0.29) is 5.69 Å². The first-order valence-electron chi connectivity index (χ1n) is 5.48. The average molecular weight is 263 g/mol. The molecule has 2 aromatic heterocycles. The summed E-state index contributed by atoms with van der Waals surface area (Å²) in [5, 5.41) is 23.2. The third kappa shape index (κ3) is 2.97. The summed E-state index contributed by atoms with van der Waals surface area (Å²) in [6.07, 6.45) is 0. The Bertz CT molecular complexity index is 579. The molecule has 0 saturated carbocycles. The topological polar surface area (TPSA) is 102 Å². The number of nitrogens with zero attached hydrogens (tertiary/aromatic N) is 4. The fourth-order valence-electron chi connectivity index (χ4n) is 1.51.